The van der Waals surface area contributed by atoms with Gasteiger partial charge in [0.15, 0.2) is 0 Å². The molecule has 0 aliphatic rings. The maximum absolute atomic E-state index is 7.15. The van der Waals surface area contributed by atoms with Gasteiger partial charge in [0.25, 0.3) is 0 Å². The predicted molar refractivity (Wildman–Crippen MR) is 69.1 cm³/mol. The molecule has 86 valence electrons. The number of hydrogen-bond donors (Lipinski definition) is 1. The molecule has 1 heterocycles. The molecule has 0 radical (unpaired) electrons. The van der Waals surface area contributed by atoms with Crippen molar-refractivity contribution in [3.05, 3.63) is 47.1 Å². The van der Waals surface area contributed by atoms with Crippen molar-refractivity contribution in [1.82, 2.24) is 4.98 Å². The van der Waals surface area contributed by atoms with Crippen LogP contribution in [0.5, 0.6) is 5.88 Å². The molecule has 1 aromatic carbocycles. The quantitative estimate of drug-likeness (QED) is 0.844. The lowest BCUT2D eigenvalue weighted by molar-refractivity contribution is 0.399. The molecule has 2 aromatic rings. The fraction of sp³-hybridized carbons (Fsp3) is 0.0769. The van der Waals surface area contributed by atoms with E-state index < -0.39 is 0 Å². The highest BCUT2D eigenvalue weighted by atomic mass is 35.5. The van der Waals surface area contributed by atoms with Gasteiger partial charge in [0.05, 0.1) is 12.1 Å². The largest absolute Gasteiger partial charge is 0.481 e. The van der Waals surface area contributed by atoms with E-state index in [0.29, 0.717) is 10.9 Å². The first-order chi connectivity index (χ1) is 8.24. The first-order valence-electron chi connectivity index (χ1n) is 5.05. The van der Waals surface area contributed by atoms with Gasteiger partial charge >= 0.3 is 0 Å². The molecule has 0 amide bonds. The van der Waals surface area contributed by atoms with E-state index in [9.17, 15) is 0 Å². The molecule has 3 nitrogen and oxygen atoms in total. The van der Waals surface area contributed by atoms with Crippen LogP contribution in [0.1, 0.15) is 5.56 Å². The molecule has 4 heteroatoms. The lowest BCUT2D eigenvalue weighted by atomic mass is 10.1. The summed E-state index contributed by atoms with van der Waals surface area (Å²) in [5.41, 5.74) is 2.65. The van der Waals surface area contributed by atoms with E-state index in [1.165, 1.54) is 6.21 Å². The predicted octanol–water partition coefficient (Wildman–Crippen LogP) is 3.41. The number of nitrogens with one attached hydrogen (secondary N) is 1. The van der Waals surface area contributed by atoms with Crippen LogP contribution in [-0.4, -0.2) is 18.3 Å². The molecular weight excluding hydrogens is 236 g/mol. The van der Waals surface area contributed by atoms with Crippen molar-refractivity contribution in [2.24, 2.45) is 0 Å². The second-order valence-electron chi connectivity index (χ2n) is 3.48. The van der Waals surface area contributed by atoms with Gasteiger partial charge in [-0.05, 0) is 17.2 Å². The maximum Gasteiger partial charge on any atom is 0.221 e. The Balaban J connectivity index is 2.50. The number of nitrogens with zero attached hydrogens (tertiary/aromatic N) is 1. The Morgan fingerprint density at radius 2 is 2.00 bits per heavy atom. The minimum atomic E-state index is 0.539. The van der Waals surface area contributed by atoms with Gasteiger partial charge < -0.3 is 10.1 Å². The van der Waals surface area contributed by atoms with E-state index in [0.717, 1.165) is 16.7 Å². The van der Waals surface area contributed by atoms with E-state index in [1.807, 2.05) is 30.3 Å². The van der Waals surface area contributed by atoms with Crippen LogP contribution in [0.25, 0.3) is 11.1 Å². The average Bonchev–Trinajstić information content (AvgIpc) is 2.39. The zero-order valence-corrected chi connectivity index (χ0v) is 10.0. The number of rotatable bonds is 3. The zero-order chi connectivity index (χ0) is 12.3. The third kappa shape index (κ3) is 2.45. The zero-order valence-electron chi connectivity index (χ0n) is 9.27. The molecule has 2 rings (SSSR count). The second-order valence-corrected chi connectivity index (χ2v) is 3.91. The van der Waals surface area contributed by atoms with Crippen molar-refractivity contribution < 1.29 is 4.74 Å². The van der Waals surface area contributed by atoms with Gasteiger partial charge in [0.1, 0.15) is 0 Å². The van der Waals surface area contributed by atoms with Crippen LogP contribution in [0.3, 0.4) is 0 Å². The molecule has 17 heavy (non-hydrogen) atoms. The molecule has 0 bridgehead atoms. The van der Waals surface area contributed by atoms with Crippen LogP contribution < -0.4 is 4.74 Å². The number of pyridine rings is 1. The number of aromatic nitrogens is 1. The molecule has 0 spiro atoms. The maximum atomic E-state index is 7.15. The monoisotopic (exact) mass is 246 g/mol. The third-order valence-corrected chi connectivity index (χ3v) is 2.61. The summed E-state index contributed by atoms with van der Waals surface area (Å²) in [5.74, 6) is 0.539. The molecule has 0 saturated carbocycles. The summed E-state index contributed by atoms with van der Waals surface area (Å²) in [4.78, 5) is 4.12. The van der Waals surface area contributed by atoms with Crippen molar-refractivity contribution >= 4 is 17.8 Å². The summed E-state index contributed by atoms with van der Waals surface area (Å²) in [7, 11) is 1.58. The fourth-order valence-electron chi connectivity index (χ4n) is 1.56. The van der Waals surface area contributed by atoms with E-state index in [4.69, 9.17) is 21.7 Å². The van der Waals surface area contributed by atoms with Crippen molar-refractivity contribution in [3.8, 4) is 17.0 Å². The number of benzene rings is 1. The molecule has 0 unspecified atom stereocenters. The summed E-state index contributed by atoms with van der Waals surface area (Å²) in [6.07, 6.45) is 2.85. The normalized spacial score (nSPS) is 10.0. The molecule has 1 aromatic heterocycles. The van der Waals surface area contributed by atoms with Gasteiger partial charge in [-0.2, -0.15) is 0 Å². The first-order valence-corrected chi connectivity index (χ1v) is 5.43. The molecule has 0 aliphatic carbocycles. The second kappa shape index (κ2) is 4.97. The average molecular weight is 247 g/mol. The fourth-order valence-corrected chi connectivity index (χ4v) is 1.71. The van der Waals surface area contributed by atoms with Crippen LogP contribution in [-0.2, 0) is 0 Å². The van der Waals surface area contributed by atoms with E-state index in [2.05, 4.69) is 4.98 Å². The van der Waals surface area contributed by atoms with Gasteiger partial charge in [0.2, 0.25) is 5.88 Å². The smallest absolute Gasteiger partial charge is 0.221 e. The summed E-state index contributed by atoms with van der Waals surface area (Å²) < 4.78 is 5.20. The molecule has 0 atom stereocenters. The van der Waals surface area contributed by atoms with E-state index >= 15 is 0 Å². The number of hydrogen-bond acceptors (Lipinski definition) is 3. The Labute approximate surface area is 105 Å². The topological polar surface area (TPSA) is 46.0 Å². The molecule has 0 aliphatic heterocycles. The molecule has 0 fully saturated rings. The van der Waals surface area contributed by atoms with Crippen molar-refractivity contribution in [3.63, 3.8) is 0 Å². The number of ether oxygens (including phenoxy) is 1. The van der Waals surface area contributed by atoms with Crippen molar-refractivity contribution in [2.45, 2.75) is 0 Å². The lowest BCUT2D eigenvalue weighted by Crippen LogP contribution is -1.91. The van der Waals surface area contributed by atoms with Gasteiger partial charge in [-0.1, -0.05) is 35.9 Å². The van der Waals surface area contributed by atoms with Crippen molar-refractivity contribution in [2.75, 3.05) is 7.11 Å². The molecular formula is C13H11ClN2O. The summed E-state index contributed by atoms with van der Waals surface area (Å²) in [6.45, 7) is 0. The first kappa shape index (κ1) is 11.6. The Kier molecular flexibility index (Phi) is 3.40. The Bertz CT molecular complexity index is 538. The SMILES string of the molecule is COc1ncc(Cl)cc1-c1ccc(C=N)cc1. The number of halogens is 1. The molecule has 1 N–H and O–H groups in total. The van der Waals surface area contributed by atoms with Gasteiger partial charge in [-0.25, -0.2) is 4.98 Å². The van der Waals surface area contributed by atoms with E-state index in [-0.39, 0.29) is 0 Å². The lowest BCUT2D eigenvalue weighted by Gasteiger charge is -2.07. The molecule has 0 saturated heterocycles. The van der Waals surface area contributed by atoms with Crippen LogP contribution >= 0.6 is 11.6 Å². The van der Waals surface area contributed by atoms with E-state index in [1.54, 1.807) is 13.3 Å². The Hall–Kier alpha value is -1.87. The highest BCUT2D eigenvalue weighted by Gasteiger charge is 2.07. The Morgan fingerprint density at radius 1 is 1.29 bits per heavy atom. The van der Waals surface area contributed by atoms with Crippen LogP contribution in [0, 0.1) is 5.41 Å². The van der Waals surface area contributed by atoms with Gasteiger partial charge in [0, 0.05) is 18.0 Å². The van der Waals surface area contributed by atoms with Crippen LogP contribution in [0.2, 0.25) is 5.02 Å². The number of methoxy groups -OCH3 is 1. The highest BCUT2D eigenvalue weighted by Crippen LogP contribution is 2.30. The summed E-state index contributed by atoms with van der Waals surface area (Å²) in [5, 5.41) is 7.71. The van der Waals surface area contributed by atoms with Gasteiger partial charge in [-0.15, -0.1) is 0 Å². The third-order valence-electron chi connectivity index (χ3n) is 2.40. The summed E-state index contributed by atoms with van der Waals surface area (Å²) >= 11 is 5.93. The summed E-state index contributed by atoms with van der Waals surface area (Å²) in [6, 6.07) is 9.37. The van der Waals surface area contributed by atoms with Crippen LogP contribution in [0.4, 0.5) is 0 Å². The minimum Gasteiger partial charge on any atom is -0.481 e. The van der Waals surface area contributed by atoms with Crippen molar-refractivity contribution in [1.29, 1.82) is 5.41 Å². The van der Waals surface area contributed by atoms with Gasteiger partial charge in [-0.3, -0.25) is 0 Å². The highest BCUT2D eigenvalue weighted by molar-refractivity contribution is 6.30. The van der Waals surface area contributed by atoms with Crippen LogP contribution in [0.15, 0.2) is 36.5 Å². The Morgan fingerprint density at radius 3 is 2.59 bits per heavy atom. The standard InChI is InChI=1S/C13H11ClN2O/c1-17-13-12(6-11(14)8-16-13)10-4-2-9(7-15)3-5-10/h2-8,15H,1H3. The minimum absolute atomic E-state index is 0.539.